The van der Waals surface area contributed by atoms with Gasteiger partial charge in [-0.15, -0.1) is 0 Å². The number of ether oxygens (including phenoxy) is 1. The van der Waals surface area contributed by atoms with Crippen molar-refractivity contribution in [3.05, 3.63) is 54.1 Å². The molecule has 0 aliphatic rings. The zero-order valence-electron chi connectivity index (χ0n) is 12.5. The van der Waals surface area contributed by atoms with Crippen molar-refractivity contribution in [3.63, 3.8) is 0 Å². The zero-order chi connectivity index (χ0) is 18.0. The number of hydrogen-bond acceptors (Lipinski definition) is 6. The molecule has 128 valence electrons. The molecule has 0 saturated heterocycles. The summed E-state index contributed by atoms with van der Waals surface area (Å²) in [6, 6.07) is 10.5. The van der Waals surface area contributed by atoms with Gasteiger partial charge in [-0.05, 0) is 43.3 Å². The molecule has 1 amide bonds. The monoisotopic (exact) mass is 370 g/mol. The van der Waals surface area contributed by atoms with Gasteiger partial charge in [0.15, 0.2) is 0 Å². The maximum atomic E-state index is 12.0. The smallest absolute Gasteiger partial charge is 0.410 e. The van der Waals surface area contributed by atoms with Gasteiger partial charge in [0.25, 0.3) is 10.0 Å². The number of rotatable bonds is 4. The summed E-state index contributed by atoms with van der Waals surface area (Å²) in [7, 11) is -7.94. The van der Waals surface area contributed by atoms with Crippen molar-refractivity contribution in [1.29, 1.82) is 0 Å². The number of hydrogen-bond donors (Lipinski definition) is 2. The maximum Gasteiger partial charge on any atom is 0.426 e. The number of sulfonamides is 2. The molecule has 2 aromatic rings. The molecule has 2 rings (SSSR count). The first-order valence-corrected chi connectivity index (χ1v) is 9.55. The summed E-state index contributed by atoms with van der Waals surface area (Å²) >= 11 is 0. The average molecular weight is 370 g/mol. The largest absolute Gasteiger partial charge is 0.426 e. The van der Waals surface area contributed by atoms with Crippen molar-refractivity contribution in [3.8, 4) is 5.75 Å². The van der Waals surface area contributed by atoms with E-state index in [2.05, 4.69) is 0 Å². The summed E-state index contributed by atoms with van der Waals surface area (Å²) in [5.41, 5.74) is 0.867. The van der Waals surface area contributed by atoms with Crippen LogP contribution in [-0.4, -0.2) is 22.9 Å². The third-order valence-corrected chi connectivity index (χ3v) is 5.17. The SMILES string of the molecule is Cc1ccc(S(=O)(=O)NC(=O)Oc2ccc(S(N)(=O)=O)cc2)cc1. The molecule has 0 spiro atoms. The van der Waals surface area contributed by atoms with Crippen molar-refractivity contribution in [2.75, 3.05) is 0 Å². The molecular formula is C14H14N2O6S2. The molecule has 0 saturated carbocycles. The summed E-state index contributed by atoms with van der Waals surface area (Å²) in [6.07, 6.45) is -1.22. The molecule has 3 N–H and O–H groups in total. The number of amides is 1. The fourth-order valence-electron chi connectivity index (χ4n) is 1.71. The maximum absolute atomic E-state index is 12.0. The Morgan fingerprint density at radius 1 is 0.917 bits per heavy atom. The summed E-state index contributed by atoms with van der Waals surface area (Å²) in [4.78, 5) is 11.4. The number of carbonyl (C=O) groups excluding carboxylic acids is 1. The van der Waals surface area contributed by atoms with Gasteiger partial charge < -0.3 is 4.74 Å². The highest BCUT2D eigenvalue weighted by Crippen LogP contribution is 2.15. The van der Waals surface area contributed by atoms with Crippen LogP contribution in [0.25, 0.3) is 0 Å². The van der Waals surface area contributed by atoms with Gasteiger partial charge in [-0.1, -0.05) is 17.7 Å². The molecule has 0 heterocycles. The highest BCUT2D eigenvalue weighted by Gasteiger charge is 2.19. The van der Waals surface area contributed by atoms with Crippen LogP contribution < -0.4 is 14.6 Å². The lowest BCUT2D eigenvalue weighted by molar-refractivity contribution is 0.207. The lowest BCUT2D eigenvalue weighted by atomic mass is 10.2. The van der Waals surface area contributed by atoms with Crippen LogP contribution in [0.2, 0.25) is 0 Å². The molecule has 0 atom stereocenters. The fraction of sp³-hybridized carbons (Fsp3) is 0.0714. The van der Waals surface area contributed by atoms with Crippen molar-refractivity contribution in [1.82, 2.24) is 4.72 Å². The van der Waals surface area contributed by atoms with Crippen LogP contribution in [0.3, 0.4) is 0 Å². The van der Waals surface area contributed by atoms with Crippen LogP contribution in [0.1, 0.15) is 5.56 Å². The Hall–Kier alpha value is -2.43. The zero-order valence-corrected chi connectivity index (χ0v) is 14.1. The molecule has 0 bridgehead atoms. The Balaban J connectivity index is 2.09. The molecule has 0 aromatic heterocycles. The standard InChI is InChI=1S/C14H14N2O6S2/c1-10-2-6-13(7-3-10)24(20,21)16-14(17)22-11-4-8-12(9-5-11)23(15,18)19/h2-9H,1H3,(H,16,17)(H2,15,18,19). The van der Waals surface area contributed by atoms with E-state index in [1.165, 1.54) is 24.3 Å². The molecule has 0 radical (unpaired) electrons. The fourth-order valence-corrected chi connectivity index (χ4v) is 3.10. The van der Waals surface area contributed by atoms with Crippen LogP contribution in [0, 0.1) is 6.92 Å². The number of benzene rings is 2. The third-order valence-electron chi connectivity index (χ3n) is 2.91. The molecule has 8 nitrogen and oxygen atoms in total. The van der Waals surface area contributed by atoms with E-state index in [0.717, 1.165) is 17.7 Å². The van der Waals surface area contributed by atoms with Gasteiger partial charge in [0, 0.05) is 0 Å². The first-order valence-electron chi connectivity index (χ1n) is 6.52. The van der Waals surface area contributed by atoms with E-state index in [0.29, 0.717) is 0 Å². The van der Waals surface area contributed by atoms with Gasteiger partial charge in [-0.25, -0.2) is 31.5 Å². The molecule has 0 unspecified atom stereocenters. The minimum Gasteiger partial charge on any atom is -0.410 e. The van der Waals surface area contributed by atoms with E-state index in [-0.39, 0.29) is 15.5 Å². The number of carbonyl (C=O) groups is 1. The Morgan fingerprint density at radius 3 is 1.92 bits per heavy atom. The van der Waals surface area contributed by atoms with Gasteiger partial charge in [0.05, 0.1) is 9.79 Å². The highest BCUT2D eigenvalue weighted by atomic mass is 32.2. The summed E-state index contributed by atoms with van der Waals surface area (Å²) in [5, 5.41) is 4.94. The van der Waals surface area contributed by atoms with Crippen LogP contribution in [0.4, 0.5) is 4.79 Å². The third kappa shape index (κ3) is 4.54. The molecule has 2 aromatic carbocycles. The van der Waals surface area contributed by atoms with E-state index < -0.39 is 26.1 Å². The van der Waals surface area contributed by atoms with E-state index in [1.807, 2.05) is 0 Å². The van der Waals surface area contributed by atoms with Crippen LogP contribution in [0.15, 0.2) is 58.3 Å². The second-order valence-corrected chi connectivity index (χ2v) is 8.07. The second-order valence-electron chi connectivity index (χ2n) is 4.82. The predicted molar refractivity (Wildman–Crippen MR) is 85.3 cm³/mol. The Morgan fingerprint density at radius 2 is 1.42 bits per heavy atom. The molecule has 0 aliphatic heterocycles. The van der Waals surface area contributed by atoms with E-state index in [1.54, 1.807) is 23.8 Å². The lowest BCUT2D eigenvalue weighted by Gasteiger charge is -2.08. The summed E-state index contributed by atoms with van der Waals surface area (Å²) in [5.74, 6) is -0.0426. The quantitative estimate of drug-likeness (QED) is 0.828. The van der Waals surface area contributed by atoms with Crippen LogP contribution in [0.5, 0.6) is 5.75 Å². The van der Waals surface area contributed by atoms with Crippen molar-refractivity contribution in [2.45, 2.75) is 16.7 Å². The first-order chi connectivity index (χ1) is 11.1. The van der Waals surface area contributed by atoms with E-state index >= 15 is 0 Å². The number of aryl methyl sites for hydroxylation is 1. The van der Waals surface area contributed by atoms with Gasteiger partial charge in [-0.2, -0.15) is 0 Å². The minimum absolute atomic E-state index is 0.0426. The highest BCUT2D eigenvalue weighted by molar-refractivity contribution is 7.90. The van der Waals surface area contributed by atoms with Gasteiger partial charge in [-0.3, -0.25) is 0 Å². The minimum atomic E-state index is -4.07. The van der Waals surface area contributed by atoms with Gasteiger partial charge in [0.2, 0.25) is 10.0 Å². The molecule has 10 heteroatoms. The van der Waals surface area contributed by atoms with Crippen molar-refractivity contribution >= 4 is 26.1 Å². The molecular weight excluding hydrogens is 356 g/mol. The molecule has 0 fully saturated rings. The van der Waals surface area contributed by atoms with Crippen molar-refractivity contribution in [2.24, 2.45) is 5.14 Å². The van der Waals surface area contributed by atoms with Crippen LogP contribution in [-0.2, 0) is 20.0 Å². The summed E-state index contributed by atoms with van der Waals surface area (Å²) < 4.78 is 52.8. The lowest BCUT2D eigenvalue weighted by Crippen LogP contribution is -2.33. The van der Waals surface area contributed by atoms with E-state index in [9.17, 15) is 21.6 Å². The Labute approximate surface area is 139 Å². The predicted octanol–water partition coefficient (Wildman–Crippen LogP) is 1.12. The summed E-state index contributed by atoms with van der Waals surface area (Å²) in [6.45, 7) is 1.79. The Kier molecular flexibility index (Phi) is 4.92. The normalized spacial score (nSPS) is 11.8. The second kappa shape index (κ2) is 6.59. The first kappa shape index (κ1) is 17.9. The molecule has 0 aliphatic carbocycles. The molecule has 24 heavy (non-hydrogen) atoms. The van der Waals surface area contributed by atoms with Crippen molar-refractivity contribution < 1.29 is 26.4 Å². The number of nitrogens with two attached hydrogens (primary N) is 1. The van der Waals surface area contributed by atoms with Crippen LogP contribution >= 0.6 is 0 Å². The number of primary sulfonamides is 1. The average Bonchev–Trinajstić information content (AvgIpc) is 2.46. The number of nitrogens with one attached hydrogen (secondary N) is 1. The van der Waals surface area contributed by atoms with E-state index in [4.69, 9.17) is 9.88 Å². The topological polar surface area (TPSA) is 133 Å². The Bertz CT molecular complexity index is 949. The van der Waals surface area contributed by atoms with Gasteiger partial charge in [0.1, 0.15) is 5.75 Å². The van der Waals surface area contributed by atoms with Gasteiger partial charge >= 0.3 is 6.09 Å².